The molecule has 2 rings (SSSR count). The number of carbonyl (C=O) groups is 1. The van der Waals surface area contributed by atoms with Gasteiger partial charge in [0.05, 0.1) is 5.56 Å². The van der Waals surface area contributed by atoms with Crippen molar-refractivity contribution in [3.63, 3.8) is 0 Å². The van der Waals surface area contributed by atoms with Crippen LogP contribution in [0.15, 0.2) is 47.7 Å². The zero-order valence-corrected chi connectivity index (χ0v) is 17.0. The summed E-state index contributed by atoms with van der Waals surface area (Å²) < 4.78 is 13.3. The molecule has 2 aromatic rings. The Bertz CT molecular complexity index is 827. The normalized spacial score (nSPS) is 11.8. The molecule has 1 aromatic carbocycles. The number of hydrogen-bond donors (Lipinski definition) is 3. The number of benzene rings is 1. The molecule has 0 bridgehead atoms. The van der Waals surface area contributed by atoms with Crippen molar-refractivity contribution in [2.45, 2.75) is 19.3 Å². The predicted octanol–water partition coefficient (Wildman–Crippen LogP) is 2.75. The lowest BCUT2D eigenvalue weighted by Gasteiger charge is -2.27. The van der Waals surface area contributed by atoms with E-state index in [2.05, 4.69) is 25.9 Å². The van der Waals surface area contributed by atoms with Crippen LogP contribution < -0.4 is 16.0 Å². The Hall–Kier alpha value is -2.67. The first kappa shape index (κ1) is 21.6. The third-order valence-corrected chi connectivity index (χ3v) is 4.52. The molecule has 0 unspecified atom stereocenters. The number of nitrogens with one attached hydrogen (secondary N) is 3. The van der Waals surface area contributed by atoms with E-state index in [0.717, 1.165) is 5.56 Å². The molecule has 0 aliphatic carbocycles. The van der Waals surface area contributed by atoms with Crippen molar-refractivity contribution >= 4 is 23.5 Å². The summed E-state index contributed by atoms with van der Waals surface area (Å²) in [6, 6.07) is 7.84. The molecule has 0 aliphatic heterocycles. The van der Waals surface area contributed by atoms with Crippen molar-refractivity contribution in [3.8, 4) is 0 Å². The van der Waals surface area contributed by atoms with Crippen molar-refractivity contribution in [2.75, 3.05) is 26.7 Å². The lowest BCUT2D eigenvalue weighted by Crippen LogP contribution is -2.45. The largest absolute Gasteiger partial charge is 0.356 e. The van der Waals surface area contributed by atoms with Crippen LogP contribution >= 0.6 is 11.6 Å². The molecule has 150 valence electrons. The van der Waals surface area contributed by atoms with Crippen LogP contribution in [-0.2, 0) is 5.41 Å². The number of guanidine groups is 1. The Kier molecular flexibility index (Phi) is 7.75. The van der Waals surface area contributed by atoms with E-state index in [1.54, 1.807) is 31.4 Å². The van der Waals surface area contributed by atoms with E-state index in [1.165, 1.54) is 18.3 Å². The maximum absolute atomic E-state index is 13.3. The molecule has 0 aliphatic rings. The summed E-state index contributed by atoms with van der Waals surface area (Å²) in [7, 11) is 1.67. The summed E-state index contributed by atoms with van der Waals surface area (Å²) in [5.74, 6) is 0.0650. The van der Waals surface area contributed by atoms with Crippen LogP contribution in [0.1, 0.15) is 29.8 Å². The van der Waals surface area contributed by atoms with Gasteiger partial charge in [-0.3, -0.25) is 14.8 Å². The van der Waals surface area contributed by atoms with Gasteiger partial charge in [0, 0.05) is 49.5 Å². The van der Waals surface area contributed by atoms with E-state index in [9.17, 15) is 9.18 Å². The monoisotopic (exact) mass is 405 g/mol. The average Bonchev–Trinajstić information content (AvgIpc) is 2.67. The van der Waals surface area contributed by atoms with E-state index >= 15 is 0 Å². The third kappa shape index (κ3) is 6.20. The molecule has 6 nitrogen and oxygen atoms in total. The van der Waals surface area contributed by atoms with E-state index in [1.807, 2.05) is 13.8 Å². The Morgan fingerprint density at radius 2 is 1.96 bits per heavy atom. The zero-order valence-electron chi connectivity index (χ0n) is 16.2. The third-order valence-electron chi connectivity index (χ3n) is 4.21. The number of hydrogen-bond acceptors (Lipinski definition) is 3. The Labute approximate surface area is 169 Å². The van der Waals surface area contributed by atoms with Crippen molar-refractivity contribution in [3.05, 3.63) is 64.7 Å². The van der Waals surface area contributed by atoms with Crippen LogP contribution in [0.25, 0.3) is 0 Å². The molecular formula is C20H25ClFN5O. The fourth-order valence-electron chi connectivity index (χ4n) is 2.61. The minimum absolute atomic E-state index is 0.176. The SMILES string of the molecule is CN=C(NCCNC(=O)c1cccnc1)NCC(C)(C)c1ccc(F)cc1Cl. The molecule has 0 radical (unpaired) electrons. The Morgan fingerprint density at radius 1 is 1.21 bits per heavy atom. The number of carbonyl (C=O) groups excluding carboxylic acids is 1. The van der Waals surface area contributed by atoms with E-state index in [0.29, 0.717) is 36.2 Å². The number of aliphatic imine (C=N–C) groups is 1. The first-order valence-corrected chi connectivity index (χ1v) is 9.29. The number of halogens is 2. The van der Waals surface area contributed by atoms with E-state index < -0.39 is 0 Å². The van der Waals surface area contributed by atoms with Gasteiger partial charge in [0.25, 0.3) is 5.91 Å². The van der Waals surface area contributed by atoms with Crippen molar-refractivity contribution in [1.82, 2.24) is 20.9 Å². The molecule has 1 amide bonds. The number of aromatic nitrogens is 1. The summed E-state index contributed by atoms with van der Waals surface area (Å²) in [5, 5.41) is 9.58. The predicted molar refractivity (Wildman–Crippen MR) is 110 cm³/mol. The number of nitrogens with zero attached hydrogens (tertiary/aromatic N) is 2. The Morgan fingerprint density at radius 3 is 2.61 bits per heavy atom. The molecule has 0 saturated heterocycles. The average molecular weight is 406 g/mol. The van der Waals surface area contributed by atoms with Gasteiger partial charge in [0.15, 0.2) is 5.96 Å². The quantitative estimate of drug-likeness (QED) is 0.376. The first-order valence-electron chi connectivity index (χ1n) is 8.92. The van der Waals surface area contributed by atoms with Gasteiger partial charge in [-0.15, -0.1) is 0 Å². The summed E-state index contributed by atoms with van der Waals surface area (Å²) in [6.07, 6.45) is 3.14. The number of rotatable bonds is 7. The van der Waals surface area contributed by atoms with Crippen LogP contribution in [0.2, 0.25) is 5.02 Å². The highest BCUT2D eigenvalue weighted by molar-refractivity contribution is 6.31. The second-order valence-electron chi connectivity index (χ2n) is 6.86. The summed E-state index contributed by atoms with van der Waals surface area (Å²) >= 11 is 6.19. The van der Waals surface area contributed by atoms with Crippen molar-refractivity contribution in [1.29, 1.82) is 0 Å². The second-order valence-corrected chi connectivity index (χ2v) is 7.27. The Balaban J connectivity index is 1.80. The van der Waals surface area contributed by atoms with Gasteiger partial charge in [-0.2, -0.15) is 0 Å². The zero-order chi connectivity index (χ0) is 20.6. The molecule has 0 atom stereocenters. The van der Waals surface area contributed by atoms with Crippen molar-refractivity contribution in [2.24, 2.45) is 4.99 Å². The summed E-state index contributed by atoms with van der Waals surface area (Å²) in [6.45, 7) is 5.51. The number of amides is 1. The number of pyridine rings is 1. The fraction of sp³-hybridized carbons (Fsp3) is 0.350. The first-order chi connectivity index (χ1) is 13.3. The second kappa shape index (κ2) is 10.0. The topological polar surface area (TPSA) is 78.4 Å². The lowest BCUT2D eigenvalue weighted by molar-refractivity contribution is 0.0954. The van der Waals surface area contributed by atoms with Crippen molar-refractivity contribution < 1.29 is 9.18 Å². The standard InChI is InChI=1S/C20H25ClFN5O/c1-20(2,16-7-6-15(22)11-17(16)21)13-27-19(23-3)26-10-9-25-18(28)14-5-4-8-24-12-14/h4-8,11-12H,9-10,13H2,1-3H3,(H,25,28)(H2,23,26,27). The molecule has 1 heterocycles. The molecule has 0 spiro atoms. The maximum atomic E-state index is 13.3. The van der Waals surface area contributed by atoms with Gasteiger partial charge >= 0.3 is 0 Å². The highest BCUT2D eigenvalue weighted by Crippen LogP contribution is 2.29. The van der Waals surface area contributed by atoms with Gasteiger partial charge in [0.1, 0.15) is 5.82 Å². The lowest BCUT2D eigenvalue weighted by atomic mass is 9.84. The summed E-state index contributed by atoms with van der Waals surface area (Å²) in [5.41, 5.74) is 1.03. The maximum Gasteiger partial charge on any atom is 0.252 e. The highest BCUT2D eigenvalue weighted by atomic mass is 35.5. The van der Waals surface area contributed by atoms with Crippen LogP contribution in [-0.4, -0.2) is 43.5 Å². The molecule has 3 N–H and O–H groups in total. The van der Waals surface area contributed by atoms with Crippen LogP contribution in [0, 0.1) is 5.82 Å². The van der Waals surface area contributed by atoms with Gasteiger partial charge in [-0.05, 0) is 29.8 Å². The highest BCUT2D eigenvalue weighted by Gasteiger charge is 2.24. The minimum atomic E-state index is -0.358. The summed E-state index contributed by atoms with van der Waals surface area (Å²) in [4.78, 5) is 20.1. The molecule has 1 aromatic heterocycles. The molecule has 0 fully saturated rings. The van der Waals surface area contributed by atoms with Crippen LogP contribution in [0.3, 0.4) is 0 Å². The van der Waals surface area contributed by atoms with Gasteiger partial charge in [-0.1, -0.05) is 31.5 Å². The molecule has 8 heteroatoms. The minimum Gasteiger partial charge on any atom is -0.356 e. The molecular weight excluding hydrogens is 381 g/mol. The van der Waals surface area contributed by atoms with Gasteiger partial charge in [0.2, 0.25) is 0 Å². The van der Waals surface area contributed by atoms with E-state index in [4.69, 9.17) is 11.6 Å². The van der Waals surface area contributed by atoms with Gasteiger partial charge < -0.3 is 16.0 Å². The molecule has 0 saturated carbocycles. The van der Waals surface area contributed by atoms with Crippen LogP contribution in [0.5, 0.6) is 0 Å². The van der Waals surface area contributed by atoms with Gasteiger partial charge in [-0.25, -0.2) is 4.39 Å². The molecule has 28 heavy (non-hydrogen) atoms. The van der Waals surface area contributed by atoms with Crippen LogP contribution in [0.4, 0.5) is 4.39 Å². The smallest absolute Gasteiger partial charge is 0.252 e. The fourth-order valence-corrected chi connectivity index (χ4v) is 3.04. The van der Waals surface area contributed by atoms with E-state index in [-0.39, 0.29) is 17.1 Å².